The van der Waals surface area contributed by atoms with Crippen molar-refractivity contribution in [1.29, 1.82) is 0 Å². The number of carboxylic acid groups (broad SMARTS) is 1. The lowest BCUT2D eigenvalue weighted by molar-refractivity contribution is -0.274. The highest BCUT2D eigenvalue weighted by Gasteiger charge is 2.38. The number of carbonyl (C=O) groups is 2. The zero-order valence-electron chi connectivity index (χ0n) is 20.8. The SMILES string of the molecule is O=C(O)C(F)(F)F.O=C(c1ccc(OCc2ccc(OC(F)(F)F)cc2)cc1)N1CCCC1CN1CCCC1. The maximum atomic E-state index is 13.0. The van der Waals surface area contributed by atoms with E-state index in [-0.39, 0.29) is 24.3 Å². The number of hydrogen-bond donors (Lipinski definition) is 1. The van der Waals surface area contributed by atoms with Crippen molar-refractivity contribution in [2.45, 2.75) is 50.9 Å². The van der Waals surface area contributed by atoms with Gasteiger partial charge in [0.25, 0.3) is 5.91 Å². The summed E-state index contributed by atoms with van der Waals surface area (Å²) in [6.07, 6.45) is -5.21. The average molecular weight is 563 g/mol. The van der Waals surface area contributed by atoms with Crippen LogP contribution in [0.25, 0.3) is 0 Å². The fourth-order valence-corrected chi connectivity index (χ4v) is 4.37. The molecule has 0 aromatic heterocycles. The maximum Gasteiger partial charge on any atom is 0.573 e. The molecule has 0 radical (unpaired) electrons. The fraction of sp³-hybridized carbons (Fsp3) is 0.462. The minimum atomic E-state index is -5.08. The Labute approximate surface area is 220 Å². The van der Waals surface area contributed by atoms with E-state index < -0.39 is 18.5 Å². The highest BCUT2D eigenvalue weighted by molar-refractivity contribution is 5.94. The zero-order valence-corrected chi connectivity index (χ0v) is 20.8. The van der Waals surface area contributed by atoms with Gasteiger partial charge in [-0.3, -0.25) is 4.79 Å². The number of likely N-dealkylation sites (tertiary alicyclic amines) is 2. The summed E-state index contributed by atoms with van der Waals surface area (Å²) >= 11 is 0. The normalized spacial score (nSPS) is 17.9. The topological polar surface area (TPSA) is 79.3 Å². The third-order valence-electron chi connectivity index (χ3n) is 6.21. The molecule has 2 saturated heterocycles. The molecule has 2 aromatic carbocycles. The van der Waals surface area contributed by atoms with Crippen LogP contribution >= 0.6 is 0 Å². The number of alkyl halides is 6. The summed E-state index contributed by atoms with van der Waals surface area (Å²) in [7, 11) is 0. The first-order valence-electron chi connectivity index (χ1n) is 12.2. The number of aliphatic carboxylic acids is 1. The molecule has 214 valence electrons. The van der Waals surface area contributed by atoms with Gasteiger partial charge in [-0.25, -0.2) is 4.79 Å². The van der Waals surface area contributed by atoms with Gasteiger partial charge in [0.15, 0.2) is 0 Å². The van der Waals surface area contributed by atoms with Crippen molar-refractivity contribution in [2.24, 2.45) is 0 Å². The second kappa shape index (κ2) is 13.0. The predicted octanol–water partition coefficient (Wildman–Crippen LogP) is 5.50. The molecule has 2 heterocycles. The molecular formula is C26H28F6N2O5. The van der Waals surface area contributed by atoms with Crippen molar-refractivity contribution in [1.82, 2.24) is 9.80 Å². The van der Waals surface area contributed by atoms with Gasteiger partial charge >= 0.3 is 18.5 Å². The zero-order chi connectivity index (χ0) is 28.6. The maximum absolute atomic E-state index is 13.0. The van der Waals surface area contributed by atoms with Crippen molar-refractivity contribution in [3.8, 4) is 11.5 Å². The van der Waals surface area contributed by atoms with Crippen LogP contribution in [0.1, 0.15) is 41.6 Å². The molecule has 2 fully saturated rings. The number of carbonyl (C=O) groups excluding carboxylic acids is 1. The van der Waals surface area contributed by atoms with Crippen LogP contribution in [0.2, 0.25) is 0 Å². The summed E-state index contributed by atoms with van der Waals surface area (Å²) in [5.41, 5.74) is 1.35. The van der Waals surface area contributed by atoms with Crippen LogP contribution in [0.5, 0.6) is 11.5 Å². The van der Waals surface area contributed by atoms with Crippen molar-refractivity contribution in [2.75, 3.05) is 26.2 Å². The van der Waals surface area contributed by atoms with Gasteiger partial charge in [0.1, 0.15) is 18.1 Å². The summed E-state index contributed by atoms with van der Waals surface area (Å²) < 4.78 is 78.0. The van der Waals surface area contributed by atoms with E-state index in [9.17, 15) is 31.1 Å². The third kappa shape index (κ3) is 9.65. The Morgan fingerprint density at radius 2 is 1.41 bits per heavy atom. The van der Waals surface area contributed by atoms with E-state index in [1.54, 1.807) is 24.3 Å². The van der Waals surface area contributed by atoms with E-state index in [2.05, 4.69) is 9.64 Å². The molecule has 1 N–H and O–H groups in total. The summed E-state index contributed by atoms with van der Waals surface area (Å²) in [5, 5.41) is 7.12. The number of ether oxygens (including phenoxy) is 2. The monoisotopic (exact) mass is 562 g/mol. The number of nitrogens with zero attached hydrogens (tertiary/aromatic N) is 2. The molecule has 7 nitrogen and oxygen atoms in total. The highest BCUT2D eigenvalue weighted by Crippen LogP contribution is 2.25. The summed E-state index contributed by atoms with van der Waals surface area (Å²) in [6.45, 7) is 4.21. The molecule has 1 unspecified atom stereocenters. The minimum Gasteiger partial charge on any atom is -0.489 e. The van der Waals surface area contributed by atoms with Crippen LogP contribution < -0.4 is 9.47 Å². The molecule has 4 rings (SSSR count). The summed E-state index contributed by atoms with van der Waals surface area (Å²) in [5.74, 6) is -2.38. The van der Waals surface area contributed by atoms with Gasteiger partial charge in [0, 0.05) is 24.7 Å². The average Bonchev–Trinajstić information content (AvgIpc) is 3.55. The number of hydrogen-bond acceptors (Lipinski definition) is 5. The summed E-state index contributed by atoms with van der Waals surface area (Å²) in [6, 6.07) is 12.9. The number of amides is 1. The second-order valence-electron chi connectivity index (χ2n) is 9.11. The standard InChI is InChI=1S/C24H27F3N2O3.C2HF3O2/c25-24(26,27)32-22-9-5-18(6-10-22)17-31-21-11-7-19(8-12-21)23(30)29-15-3-4-20(29)16-28-13-1-2-14-28;3-2(4,5)1(6)7/h5-12,20H,1-4,13-17H2;(H,6,7). The van der Waals surface area contributed by atoms with Crippen molar-refractivity contribution < 1.29 is 50.5 Å². The van der Waals surface area contributed by atoms with Crippen LogP contribution in [0.15, 0.2) is 48.5 Å². The number of halogens is 6. The lowest BCUT2D eigenvalue weighted by Gasteiger charge is -2.28. The van der Waals surface area contributed by atoms with E-state index in [1.165, 1.54) is 37.1 Å². The Balaban J connectivity index is 0.000000532. The molecule has 1 atom stereocenters. The molecule has 13 heteroatoms. The number of carboxylic acids is 1. The molecule has 2 aliphatic heterocycles. The smallest absolute Gasteiger partial charge is 0.489 e. The minimum absolute atomic E-state index is 0.0542. The molecule has 2 aromatic rings. The Bertz CT molecular complexity index is 1080. The first kappa shape index (κ1) is 30.1. The van der Waals surface area contributed by atoms with Crippen molar-refractivity contribution >= 4 is 11.9 Å². The lowest BCUT2D eigenvalue weighted by atomic mass is 10.1. The third-order valence-corrected chi connectivity index (χ3v) is 6.21. The quantitative estimate of drug-likeness (QED) is 0.450. The molecular weight excluding hydrogens is 534 g/mol. The van der Waals surface area contributed by atoms with Crippen LogP contribution in [0, 0.1) is 0 Å². The van der Waals surface area contributed by atoms with E-state index in [0.717, 1.165) is 39.0 Å². The summed E-state index contributed by atoms with van der Waals surface area (Å²) in [4.78, 5) is 26.4. The van der Waals surface area contributed by atoms with Gasteiger partial charge in [-0.15, -0.1) is 13.2 Å². The Morgan fingerprint density at radius 1 is 0.846 bits per heavy atom. The van der Waals surface area contributed by atoms with Gasteiger partial charge in [0.2, 0.25) is 0 Å². The lowest BCUT2D eigenvalue weighted by Crippen LogP contribution is -2.42. The van der Waals surface area contributed by atoms with E-state index in [0.29, 0.717) is 16.9 Å². The second-order valence-corrected chi connectivity index (χ2v) is 9.11. The van der Waals surface area contributed by atoms with E-state index >= 15 is 0 Å². The molecule has 0 aliphatic carbocycles. The largest absolute Gasteiger partial charge is 0.573 e. The molecule has 0 bridgehead atoms. The molecule has 2 aliphatic rings. The van der Waals surface area contributed by atoms with Gasteiger partial charge in [-0.05, 0) is 80.7 Å². The first-order chi connectivity index (χ1) is 18.3. The van der Waals surface area contributed by atoms with Gasteiger partial charge < -0.3 is 24.4 Å². The molecule has 0 spiro atoms. The van der Waals surface area contributed by atoms with Gasteiger partial charge in [-0.1, -0.05) is 12.1 Å². The van der Waals surface area contributed by atoms with Crippen LogP contribution in [0.3, 0.4) is 0 Å². The highest BCUT2D eigenvalue weighted by atomic mass is 19.4. The fourth-order valence-electron chi connectivity index (χ4n) is 4.37. The van der Waals surface area contributed by atoms with E-state index in [4.69, 9.17) is 14.6 Å². The van der Waals surface area contributed by atoms with Crippen molar-refractivity contribution in [3.63, 3.8) is 0 Å². The Kier molecular flexibility index (Phi) is 10.1. The van der Waals surface area contributed by atoms with Crippen LogP contribution in [0.4, 0.5) is 26.3 Å². The van der Waals surface area contributed by atoms with Gasteiger partial charge in [-0.2, -0.15) is 13.2 Å². The molecule has 39 heavy (non-hydrogen) atoms. The first-order valence-corrected chi connectivity index (χ1v) is 12.2. The Morgan fingerprint density at radius 3 is 1.95 bits per heavy atom. The number of rotatable bonds is 7. The molecule has 0 saturated carbocycles. The van der Waals surface area contributed by atoms with Crippen molar-refractivity contribution in [3.05, 3.63) is 59.7 Å². The van der Waals surface area contributed by atoms with Crippen LogP contribution in [-0.4, -0.2) is 71.5 Å². The Hall–Kier alpha value is -3.48. The van der Waals surface area contributed by atoms with Gasteiger partial charge in [0.05, 0.1) is 0 Å². The van der Waals surface area contributed by atoms with Crippen LogP contribution in [-0.2, 0) is 11.4 Å². The molecule has 1 amide bonds. The van der Waals surface area contributed by atoms with E-state index in [1.807, 2.05) is 4.90 Å². The predicted molar refractivity (Wildman–Crippen MR) is 127 cm³/mol. The number of benzene rings is 2.